The van der Waals surface area contributed by atoms with E-state index in [1.54, 1.807) is 12.3 Å². The Morgan fingerprint density at radius 1 is 1.24 bits per heavy atom. The molecule has 150 valence electrons. The van der Waals surface area contributed by atoms with Gasteiger partial charge in [0, 0.05) is 49.0 Å². The number of halogens is 1. The van der Waals surface area contributed by atoms with Crippen LogP contribution in [0.1, 0.15) is 48.9 Å². The van der Waals surface area contributed by atoms with Gasteiger partial charge < -0.3 is 9.80 Å². The van der Waals surface area contributed by atoms with Gasteiger partial charge in [-0.15, -0.1) is 0 Å². The molecule has 0 N–H and O–H groups in total. The molecule has 0 saturated carbocycles. The fourth-order valence-electron chi connectivity index (χ4n) is 4.53. The Morgan fingerprint density at radius 2 is 2.03 bits per heavy atom. The number of nitrogens with zero attached hydrogens (tertiary/aromatic N) is 5. The molecule has 2 aromatic rings. The molecule has 3 heterocycles. The molecule has 1 aromatic carbocycles. The van der Waals surface area contributed by atoms with Crippen LogP contribution in [-0.2, 0) is 11.3 Å². The number of benzene rings is 1. The maximum absolute atomic E-state index is 14.4. The van der Waals surface area contributed by atoms with E-state index in [-0.39, 0.29) is 23.8 Å². The highest BCUT2D eigenvalue weighted by atomic mass is 19.1. The van der Waals surface area contributed by atoms with E-state index in [0.717, 1.165) is 50.4 Å². The molecule has 2 fully saturated rings. The molecule has 2 aliphatic heterocycles. The van der Waals surface area contributed by atoms with Gasteiger partial charge >= 0.3 is 0 Å². The minimum Gasteiger partial charge on any atom is -0.341 e. The molecule has 1 spiro atoms. The molecule has 0 bridgehead atoms. The van der Waals surface area contributed by atoms with Crippen molar-refractivity contribution >= 4 is 11.9 Å². The van der Waals surface area contributed by atoms with Crippen molar-refractivity contribution in [2.24, 2.45) is 0 Å². The van der Waals surface area contributed by atoms with Crippen LogP contribution in [0.2, 0.25) is 0 Å². The maximum Gasteiger partial charge on any atom is 0.225 e. The molecule has 1 aromatic heterocycles. The van der Waals surface area contributed by atoms with E-state index >= 15 is 0 Å². The zero-order chi connectivity index (χ0) is 20.4. The zero-order valence-electron chi connectivity index (χ0n) is 16.6. The van der Waals surface area contributed by atoms with Crippen molar-refractivity contribution in [3.63, 3.8) is 0 Å². The molecule has 0 aliphatic carbocycles. The summed E-state index contributed by atoms with van der Waals surface area (Å²) in [6.45, 7) is 3.67. The third-order valence-corrected chi connectivity index (χ3v) is 6.17. The number of hydrogen-bond acceptors (Lipinski definition) is 5. The van der Waals surface area contributed by atoms with Crippen molar-refractivity contribution in [3.8, 4) is 6.07 Å². The first-order chi connectivity index (χ1) is 14.0. The zero-order valence-corrected chi connectivity index (χ0v) is 16.6. The van der Waals surface area contributed by atoms with Crippen molar-refractivity contribution in [2.45, 2.75) is 51.1 Å². The second-order valence-electron chi connectivity index (χ2n) is 7.96. The van der Waals surface area contributed by atoms with Crippen LogP contribution < -0.4 is 4.90 Å². The summed E-state index contributed by atoms with van der Waals surface area (Å²) in [6, 6.07) is 8.26. The van der Waals surface area contributed by atoms with Gasteiger partial charge in [-0.2, -0.15) is 5.26 Å². The van der Waals surface area contributed by atoms with Crippen molar-refractivity contribution in [1.29, 1.82) is 5.26 Å². The number of nitriles is 1. The van der Waals surface area contributed by atoms with E-state index in [2.05, 4.69) is 20.9 Å². The first kappa shape index (κ1) is 19.3. The van der Waals surface area contributed by atoms with Gasteiger partial charge in [0.15, 0.2) is 0 Å². The molecule has 7 heteroatoms. The molecule has 29 heavy (non-hydrogen) atoms. The molecular weight excluding hydrogens is 369 g/mol. The monoisotopic (exact) mass is 393 g/mol. The summed E-state index contributed by atoms with van der Waals surface area (Å²) in [7, 11) is 0. The average molecular weight is 393 g/mol. The molecule has 0 radical (unpaired) electrons. The average Bonchev–Trinajstić information content (AvgIpc) is 2.73. The molecule has 1 amide bonds. The van der Waals surface area contributed by atoms with Gasteiger partial charge in [0.2, 0.25) is 11.9 Å². The predicted molar refractivity (Wildman–Crippen MR) is 106 cm³/mol. The van der Waals surface area contributed by atoms with Crippen LogP contribution in [0.4, 0.5) is 10.3 Å². The lowest BCUT2D eigenvalue weighted by atomic mass is 9.78. The molecule has 0 unspecified atom stereocenters. The van der Waals surface area contributed by atoms with Gasteiger partial charge in [-0.3, -0.25) is 4.79 Å². The molecule has 2 aliphatic rings. The van der Waals surface area contributed by atoms with Gasteiger partial charge in [-0.25, -0.2) is 14.4 Å². The van der Waals surface area contributed by atoms with Crippen molar-refractivity contribution in [1.82, 2.24) is 14.9 Å². The fourth-order valence-corrected chi connectivity index (χ4v) is 4.53. The number of rotatable bonds is 3. The van der Waals surface area contributed by atoms with Crippen LogP contribution in [-0.4, -0.2) is 39.4 Å². The summed E-state index contributed by atoms with van der Waals surface area (Å²) >= 11 is 0. The van der Waals surface area contributed by atoms with E-state index in [1.807, 2.05) is 17.9 Å². The second-order valence-corrected chi connectivity index (χ2v) is 7.96. The predicted octanol–water partition coefficient (Wildman–Crippen LogP) is 3.35. The molecule has 0 atom stereocenters. The van der Waals surface area contributed by atoms with E-state index in [1.165, 1.54) is 12.1 Å². The van der Waals surface area contributed by atoms with Crippen molar-refractivity contribution in [3.05, 3.63) is 53.1 Å². The Bertz CT molecular complexity index is 962. The van der Waals surface area contributed by atoms with Gasteiger partial charge in [0.05, 0.1) is 11.6 Å². The van der Waals surface area contributed by atoms with Crippen molar-refractivity contribution < 1.29 is 9.18 Å². The van der Waals surface area contributed by atoms with Crippen LogP contribution in [0, 0.1) is 24.1 Å². The van der Waals surface area contributed by atoms with Crippen LogP contribution in [0.15, 0.2) is 30.5 Å². The quantitative estimate of drug-likeness (QED) is 0.800. The smallest absolute Gasteiger partial charge is 0.225 e. The fraction of sp³-hybridized carbons (Fsp3) is 0.455. The summed E-state index contributed by atoms with van der Waals surface area (Å²) in [5, 5.41) is 9.14. The van der Waals surface area contributed by atoms with Crippen LogP contribution in [0.5, 0.6) is 0 Å². The number of aryl methyl sites for hydroxylation is 1. The molecule has 4 rings (SSSR count). The van der Waals surface area contributed by atoms with E-state index < -0.39 is 0 Å². The summed E-state index contributed by atoms with van der Waals surface area (Å²) in [5.74, 6) is 0.419. The molecule has 2 saturated heterocycles. The summed E-state index contributed by atoms with van der Waals surface area (Å²) in [5.41, 5.74) is 1.47. The summed E-state index contributed by atoms with van der Waals surface area (Å²) in [4.78, 5) is 25.8. The Hall–Kier alpha value is -3.01. The number of piperidine rings is 2. The highest BCUT2D eigenvalue weighted by molar-refractivity contribution is 5.78. The Morgan fingerprint density at radius 3 is 2.76 bits per heavy atom. The number of hydrogen-bond donors (Lipinski definition) is 0. The van der Waals surface area contributed by atoms with E-state index in [0.29, 0.717) is 17.5 Å². The van der Waals surface area contributed by atoms with Crippen LogP contribution >= 0.6 is 0 Å². The van der Waals surface area contributed by atoms with Gasteiger partial charge in [-0.1, -0.05) is 0 Å². The lowest BCUT2D eigenvalue weighted by Crippen LogP contribution is -2.59. The molecule has 6 nitrogen and oxygen atoms in total. The standard InChI is InChI=1S/C22H24FN5O/c1-16-6-10-25-21(26-16)27-11-8-22(9-12-27)7-2-3-20(29)28(22)15-18-13-17(14-24)4-5-19(18)23/h4-6,10,13H,2-3,7-9,11-12,15H2,1H3. The highest BCUT2D eigenvalue weighted by Crippen LogP contribution is 2.39. The number of aromatic nitrogens is 2. The number of carbonyl (C=O) groups is 1. The largest absolute Gasteiger partial charge is 0.341 e. The summed E-state index contributed by atoms with van der Waals surface area (Å²) < 4.78 is 14.4. The van der Waals surface area contributed by atoms with E-state index in [9.17, 15) is 9.18 Å². The second kappa shape index (κ2) is 7.78. The highest BCUT2D eigenvalue weighted by Gasteiger charge is 2.44. The van der Waals surface area contributed by atoms with Gasteiger partial charge in [-0.05, 0) is 56.9 Å². The Labute approximate surface area is 170 Å². The third kappa shape index (κ3) is 3.80. The minimum absolute atomic E-state index is 0.0678. The molecular formula is C22H24FN5O. The topological polar surface area (TPSA) is 73.1 Å². The normalized spacial score (nSPS) is 18.7. The Balaban J connectivity index is 1.56. The van der Waals surface area contributed by atoms with Gasteiger partial charge in [0.1, 0.15) is 5.82 Å². The minimum atomic E-state index is -0.372. The van der Waals surface area contributed by atoms with Crippen molar-refractivity contribution in [2.75, 3.05) is 18.0 Å². The van der Waals surface area contributed by atoms with Crippen LogP contribution in [0.3, 0.4) is 0 Å². The lowest BCUT2D eigenvalue weighted by molar-refractivity contribution is -0.144. The maximum atomic E-state index is 14.4. The van der Waals surface area contributed by atoms with Crippen LogP contribution in [0.25, 0.3) is 0 Å². The number of carbonyl (C=O) groups excluding carboxylic acids is 1. The number of likely N-dealkylation sites (tertiary alicyclic amines) is 1. The lowest BCUT2D eigenvalue weighted by Gasteiger charge is -2.51. The first-order valence-electron chi connectivity index (χ1n) is 10.0. The first-order valence-corrected chi connectivity index (χ1v) is 10.0. The van der Waals surface area contributed by atoms with Gasteiger partial charge in [0.25, 0.3) is 0 Å². The number of anilines is 1. The Kier molecular flexibility index (Phi) is 5.18. The third-order valence-electron chi connectivity index (χ3n) is 6.17. The van der Waals surface area contributed by atoms with E-state index in [4.69, 9.17) is 5.26 Å². The SMILES string of the molecule is Cc1ccnc(N2CCC3(CCCC(=O)N3Cc3cc(C#N)ccc3F)CC2)n1. The number of amides is 1. The summed E-state index contributed by atoms with van der Waals surface area (Å²) in [6.07, 6.45) is 5.64.